The molecule has 0 spiro atoms. The van der Waals surface area contributed by atoms with Crippen molar-refractivity contribution >= 4 is 16.7 Å². The molecule has 0 heterocycles. The van der Waals surface area contributed by atoms with Crippen LogP contribution in [0.3, 0.4) is 0 Å². The first-order chi connectivity index (χ1) is 13.0. The lowest BCUT2D eigenvalue weighted by atomic mass is 10.0. The molecule has 0 aliphatic heterocycles. The summed E-state index contributed by atoms with van der Waals surface area (Å²) < 4.78 is 5.68. The summed E-state index contributed by atoms with van der Waals surface area (Å²) in [6.07, 6.45) is 3.58. The Morgan fingerprint density at radius 1 is 1.00 bits per heavy atom. The Kier molecular flexibility index (Phi) is 5.92. The maximum atomic E-state index is 12.4. The molecule has 0 bridgehead atoms. The molecular formula is C24H24O3. The summed E-state index contributed by atoms with van der Waals surface area (Å²) in [5, 5.41) is 12.0. The van der Waals surface area contributed by atoms with E-state index in [1.54, 1.807) is 6.07 Å². The van der Waals surface area contributed by atoms with Gasteiger partial charge in [0.25, 0.3) is 0 Å². The van der Waals surface area contributed by atoms with Gasteiger partial charge in [-0.3, -0.25) is 4.79 Å². The maximum absolute atomic E-state index is 12.4. The van der Waals surface area contributed by atoms with E-state index in [1.807, 2.05) is 74.5 Å². The van der Waals surface area contributed by atoms with Gasteiger partial charge in [-0.05, 0) is 38.3 Å². The molecule has 0 amide bonds. The summed E-state index contributed by atoms with van der Waals surface area (Å²) >= 11 is 0. The third kappa shape index (κ3) is 4.76. The number of carbonyl (C=O) groups is 1. The number of carbonyl (C=O) groups excluding carboxylic acids is 1. The Hall–Kier alpha value is -3.07. The van der Waals surface area contributed by atoms with Gasteiger partial charge in [0.2, 0.25) is 0 Å². The first-order valence-corrected chi connectivity index (χ1v) is 9.16. The summed E-state index contributed by atoms with van der Waals surface area (Å²) in [5.74, 6) is 0.466. The van der Waals surface area contributed by atoms with E-state index in [1.165, 1.54) is 5.57 Å². The Morgan fingerprint density at radius 2 is 1.67 bits per heavy atom. The van der Waals surface area contributed by atoms with Crippen molar-refractivity contribution in [3.63, 3.8) is 0 Å². The molecule has 3 aromatic rings. The normalized spacial score (nSPS) is 10.6. The molecule has 27 heavy (non-hydrogen) atoms. The summed E-state index contributed by atoms with van der Waals surface area (Å²) in [7, 11) is 0. The second kappa shape index (κ2) is 8.54. The molecule has 0 radical (unpaired) electrons. The van der Waals surface area contributed by atoms with Crippen molar-refractivity contribution in [3.8, 4) is 11.5 Å². The highest BCUT2D eigenvalue weighted by molar-refractivity contribution is 5.95. The average Bonchev–Trinajstić information content (AvgIpc) is 2.68. The highest BCUT2D eigenvalue weighted by atomic mass is 16.5. The Labute approximate surface area is 159 Å². The first-order valence-electron chi connectivity index (χ1n) is 9.16. The van der Waals surface area contributed by atoms with Crippen molar-refractivity contribution in [1.82, 2.24) is 0 Å². The highest BCUT2D eigenvalue weighted by Crippen LogP contribution is 2.36. The molecular weight excluding hydrogens is 336 g/mol. The van der Waals surface area contributed by atoms with Crippen LogP contribution in [0.2, 0.25) is 0 Å². The van der Waals surface area contributed by atoms with Crippen molar-refractivity contribution < 1.29 is 14.6 Å². The summed E-state index contributed by atoms with van der Waals surface area (Å²) in [6.45, 7) is 4.03. The van der Waals surface area contributed by atoms with E-state index in [2.05, 4.69) is 0 Å². The minimum absolute atomic E-state index is 0.243. The number of phenols is 1. The summed E-state index contributed by atoms with van der Waals surface area (Å²) in [6, 6.07) is 19.1. The molecule has 138 valence electrons. The number of ether oxygens (including phenoxy) is 1. The lowest BCUT2D eigenvalue weighted by molar-refractivity contribution is -0.134. The fourth-order valence-corrected chi connectivity index (χ4v) is 3.00. The molecule has 3 aromatic carbocycles. The van der Waals surface area contributed by atoms with Crippen LogP contribution >= 0.6 is 0 Å². The van der Waals surface area contributed by atoms with Crippen LogP contribution in [0.4, 0.5) is 0 Å². The van der Waals surface area contributed by atoms with Gasteiger partial charge in [0, 0.05) is 22.8 Å². The summed E-state index contributed by atoms with van der Waals surface area (Å²) in [5.41, 5.74) is 3.03. The van der Waals surface area contributed by atoms with E-state index in [0.717, 1.165) is 16.5 Å². The topological polar surface area (TPSA) is 46.5 Å². The standard InChI is InChI=1S/C24H24O3/c1-17(2)12-14-19-16-22(20-10-6-7-11-21(20)24(19)26)27-23(25)15-13-18-8-4-3-5-9-18/h3-12,16,26H,13-15H2,1-2H3. The minimum Gasteiger partial charge on any atom is -0.507 e. The lowest BCUT2D eigenvalue weighted by Gasteiger charge is -2.13. The van der Waals surface area contributed by atoms with Crippen LogP contribution in [0.15, 0.2) is 72.3 Å². The van der Waals surface area contributed by atoms with E-state index >= 15 is 0 Å². The zero-order valence-corrected chi connectivity index (χ0v) is 15.7. The second-order valence-corrected chi connectivity index (χ2v) is 6.87. The molecule has 0 fully saturated rings. The Morgan fingerprint density at radius 3 is 2.37 bits per heavy atom. The van der Waals surface area contributed by atoms with Gasteiger partial charge in [0.05, 0.1) is 0 Å². The Bertz CT molecular complexity index is 968. The monoisotopic (exact) mass is 360 g/mol. The van der Waals surface area contributed by atoms with Crippen LogP contribution in [0.1, 0.15) is 31.4 Å². The van der Waals surface area contributed by atoms with Gasteiger partial charge in [-0.2, -0.15) is 0 Å². The number of aryl methyl sites for hydroxylation is 1. The number of allylic oxidation sites excluding steroid dienone is 2. The predicted molar refractivity (Wildman–Crippen MR) is 109 cm³/mol. The number of hydrogen-bond donors (Lipinski definition) is 1. The number of esters is 1. The van der Waals surface area contributed by atoms with Crippen molar-refractivity contribution in [2.75, 3.05) is 0 Å². The molecule has 0 unspecified atom stereocenters. The lowest BCUT2D eigenvalue weighted by Crippen LogP contribution is -2.09. The van der Waals surface area contributed by atoms with Gasteiger partial charge >= 0.3 is 5.97 Å². The van der Waals surface area contributed by atoms with Crippen LogP contribution in [-0.2, 0) is 17.6 Å². The maximum Gasteiger partial charge on any atom is 0.311 e. The molecule has 3 rings (SSSR count). The van der Waals surface area contributed by atoms with E-state index in [0.29, 0.717) is 30.4 Å². The fraction of sp³-hybridized carbons (Fsp3) is 0.208. The quantitative estimate of drug-likeness (QED) is 0.354. The van der Waals surface area contributed by atoms with Gasteiger partial charge in [0.15, 0.2) is 0 Å². The largest absolute Gasteiger partial charge is 0.507 e. The average molecular weight is 360 g/mol. The fourth-order valence-electron chi connectivity index (χ4n) is 3.00. The third-order valence-electron chi connectivity index (χ3n) is 4.47. The van der Waals surface area contributed by atoms with Gasteiger partial charge < -0.3 is 9.84 Å². The number of rotatable bonds is 6. The zero-order valence-electron chi connectivity index (χ0n) is 15.7. The molecule has 0 aromatic heterocycles. The first kappa shape index (κ1) is 18.7. The number of benzene rings is 3. The van der Waals surface area contributed by atoms with Gasteiger partial charge in [-0.25, -0.2) is 0 Å². The van der Waals surface area contributed by atoms with Crippen molar-refractivity contribution in [2.24, 2.45) is 0 Å². The van der Waals surface area contributed by atoms with Crippen LogP contribution in [0.5, 0.6) is 11.5 Å². The van der Waals surface area contributed by atoms with E-state index < -0.39 is 0 Å². The van der Waals surface area contributed by atoms with Gasteiger partial charge in [0.1, 0.15) is 11.5 Å². The molecule has 3 nitrogen and oxygen atoms in total. The molecule has 0 saturated carbocycles. The molecule has 0 atom stereocenters. The molecule has 0 saturated heterocycles. The van der Waals surface area contributed by atoms with Crippen LogP contribution in [0, 0.1) is 0 Å². The van der Waals surface area contributed by atoms with Gasteiger partial charge in [-0.1, -0.05) is 66.2 Å². The highest BCUT2D eigenvalue weighted by Gasteiger charge is 2.14. The van der Waals surface area contributed by atoms with E-state index in [-0.39, 0.29) is 11.7 Å². The zero-order chi connectivity index (χ0) is 19.2. The predicted octanol–water partition coefficient (Wildman–Crippen LogP) is 5.59. The van der Waals surface area contributed by atoms with Crippen molar-refractivity contribution in [1.29, 1.82) is 0 Å². The van der Waals surface area contributed by atoms with Crippen LogP contribution < -0.4 is 4.74 Å². The van der Waals surface area contributed by atoms with Gasteiger partial charge in [-0.15, -0.1) is 0 Å². The third-order valence-corrected chi connectivity index (χ3v) is 4.47. The number of aromatic hydroxyl groups is 1. The van der Waals surface area contributed by atoms with Crippen molar-refractivity contribution in [2.45, 2.75) is 33.1 Å². The number of hydrogen-bond acceptors (Lipinski definition) is 3. The number of fused-ring (bicyclic) bond motifs is 1. The molecule has 3 heteroatoms. The second-order valence-electron chi connectivity index (χ2n) is 6.87. The summed E-state index contributed by atoms with van der Waals surface area (Å²) in [4.78, 5) is 12.4. The van der Waals surface area contributed by atoms with Crippen LogP contribution in [-0.4, -0.2) is 11.1 Å². The molecule has 1 N–H and O–H groups in total. The number of phenolic OH excluding ortho intramolecular Hbond substituents is 1. The van der Waals surface area contributed by atoms with E-state index in [9.17, 15) is 9.90 Å². The molecule has 0 aliphatic carbocycles. The molecule has 0 aliphatic rings. The van der Waals surface area contributed by atoms with Crippen molar-refractivity contribution in [3.05, 3.63) is 83.4 Å². The Balaban J connectivity index is 1.85. The minimum atomic E-state index is -0.275. The SMILES string of the molecule is CC(C)=CCc1cc(OC(=O)CCc2ccccc2)c2ccccc2c1O. The van der Waals surface area contributed by atoms with E-state index in [4.69, 9.17) is 4.74 Å². The van der Waals surface area contributed by atoms with Crippen LogP contribution in [0.25, 0.3) is 10.8 Å². The smallest absolute Gasteiger partial charge is 0.311 e.